The second-order valence-corrected chi connectivity index (χ2v) is 3.42. The van der Waals surface area contributed by atoms with E-state index in [0.717, 1.165) is 5.69 Å². The Kier molecular flexibility index (Phi) is 8.11. The minimum atomic E-state index is -0.0927. The van der Waals surface area contributed by atoms with Gasteiger partial charge in [0.25, 0.3) is 0 Å². The number of aromatic nitrogens is 1. The average molecular weight is 247 g/mol. The molecule has 0 radical (unpaired) electrons. The number of pyridine rings is 1. The number of rotatable bonds is 6. The van der Waals surface area contributed by atoms with E-state index >= 15 is 0 Å². The van der Waals surface area contributed by atoms with Crippen molar-refractivity contribution < 1.29 is 9.47 Å². The van der Waals surface area contributed by atoms with E-state index in [9.17, 15) is 0 Å². The van der Waals surface area contributed by atoms with Crippen LogP contribution >= 0.6 is 12.4 Å². The zero-order valence-electron chi connectivity index (χ0n) is 9.63. The Morgan fingerprint density at radius 1 is 1.38 bits per heavy atom. The van der Waals surface area contributed by atoms with Crippen LogP contribution in [0.25, 0.3) is 0 Å². The lowest BCUT2D eigenvalue weighted by Crippen LogP contribution is -2.41. The quantitative estimate of drug-likeness (QED) is 0.815. The highest BCUT2D eigenvalue weighted by molar-refractivity contribution is 5.85. The number of halogens is 1. The summed E-state index contributed by atoms with van der Waals surface area (Å²) in [6.07, 6.45) is 2.38. The molecule has 0 aromatic carbocycles. The van der Waals surface area contributed by atoms with Crippen LogP contribution < -0.4 is 5.73 Å². The van der Waals surface area contributed by atoms with Crippen LogP contribution in [0.1, 0.15) is 5.69 Å². The molecule has 1 aromatic rings. The Labute approximate surface area is 103 Å². The molecule has 0 aliphatic carbocycles. The van der Waals surface area contributed by atoms with E-state index in [1.165, 1.54) is 0 Å². The van der Waals surface area contributed by atoms with Crippen molar-refractivity contribution >= 4 is 12.4 Å². The standard InChI is InChI=1S/C11H18N2O2.ClH/c1-14-8-11(15-2)10(12)7-9-5-3-4-6-13-9;/h3-6,10-11H,7-8,12H2,1-2H3;1H/t10-,11-;/m1./s1. The normalized spacial score (nSPS) is 13.9. The van der Waals surface area contributed by atoms with Gasteiger partial charge in [0, 0.05) is 38.6 Å². The van der Waals surface area contributed by atoms with Crippen LogP contribution in [-0.4, -0.2) is 38.0 Å². The van der Waals surface area contributed by atoms with Gasteiger partial charge in [-0.2, -0.15) is 0 Å². The Morgan fingerprint density at radius 3 is 2.62 bits per heavy atom. The Hall–Kier alpha value is -0.680. The van der Waals surface area contributed by atoms with Crippen LogP contribution in [0.3, 0.4) is 0 Å². The van der Waals surface area contributed by atoms with Crippen molar-refractivity contribution in [2.75, 3.05) is 20.8 Å². The second kappa shape index (κ2) is 8.47. The van der Waals surface area contributed by atoms with E-state index in [1.807, 2.05) is 18.2 Å². The molecule has 0 saturated heterocycles. The lowest BCUT2D eigenvalue weighted by atomic mass is 10.1. The van der Waals surface area contributed by atoms with Crippen molar-refractivity contribution in [3.8, 4) is 0 Å². The molecule has 0 fully saturated rings. The highest BCUT2D eigenvalue weighted by atomic mass is 35.5. The third kappa shape index (κ3) is 4.90. The van der Waals surface area contributed by atoms with Crippen molar-refractivity contribution in [3.05, 3.63) is 30.1 Å². The second-order valence-electron chi connectivity index (χ2n) is 3.42. The van der Waals surface area contributed by atoms with Crippen LogP contribution in [-0.2, 0) is 15.9 Å². The van der Waals surface area contributed by atoms with Crippen molar-refractivity contribution in [1.82, 2.24) is 4.98 Å². The fourth-order valence-corrected chi connectivity index (χ4v) is 1.42. The van der Waals surface area contributed by atoms with Gasteiger partial charge in [-0.15, -0.1) is 12.4 Å². The Balaban J connectivity index is 0.00000225. The number of hydrogen-bond acceptors (Lipinski definition) is 4. The van der Waals surface area contributed by atoms with Crippen molar-refractivity contribution in [2.45, 2.75) is 18.6 Å². The predicted molar refractivity (Wildman–Crippen MR) is 65.8 cm³/mol. The zero-order valence-corrected chi connectivity index (χ0v) is 10.4. The number of ether oxygens (including phenoxy) is 2. The molecule has 92 valence electrons. The zero-order chi connectivity index (χ0) is 11.1. The van der Waals surface area contributed by atoms with Crippen LogP contribution in [0.5, 0.6) is 0 Å². The van der Waals surface area contributed by atoms with Crippen LogP contribution in [0, 0.1) is 0 Å². The molecule has 0 amide bonds. The molecule has 0 aliphatic rings. The Bertz CT molecular complexity index is 272. The van der Waals surface area contributed by atoms with E-state index in [2.05, 4.69) is 4.98 Å². The molecule has 0 bridgehead atoms. The molecule has 0 spiro atoms. The summed E-state index contributed by atoms with van der Waals surface area (Å²) in [4.78, 5) is 4.22. The number of nitrogens with two attached hydrogens (primary N) is 1. The van der Waals surface area contributed by atoms with Gasteiger partial charge in [0.15, 0.2) is 0 Å². The van der Waals surface area contributed by atoms with E-state index in [0.29, 0.717) is 13.0 Å². The number of nitrogens with zero attached hydrogens (tertiary/aromatic N) is 1. The molecule has 1 heterocycles. The van der Waals surface area contributed by atoms with Crippen molar-refractivity contribution in [2.24, 2.45) is 5.73 Å². The van der Waals surface area contributed by atoms with Gasteiger partial charge in [-0.25, -0.2) is 0 Å². The largest absolute Gasteiger partial charge is 0.382 e. The molecule has 16 heavy (non-hydrogen) atoms. The van der Waals surface area contributed by atoms with Crippen LogP contribution in [0.15, 0.2) is 24.4 Å². The monoisotopic (exact) mass is 246 g/mol. The third-order valence-corrected chi connectivity index (χ3v) is 2.28. The van der Waals surface area contributed by atoms with Crippen LogP contribution in [0.2, 0.25) is 0 Å². The molecule has 4 nitrogen and oxygen atoms in total. The van der Waals surface area contributed by atoms with E-state index < -0.39 is 0 Å². The summed E-state index contributed by atoms with van der Waals surface area (Å²) >= 11 is 0. The maximum atomic E-state index is 6.00. The highest BCUT2D eigenvalue weighted by Gasteiger charge is 2.17. The van der Waals surface area contributed by atoms with Crippen molar-refractivity contribution in [3.63, 3.8) is 0 Å². The minimum absolute atomic E-state index is 0. The number of hydrogen-bond donors (Lipinski definition) is 1. The van der Waals surface area contributed by atoms with E-state index in [1.54, 1.807) is 20.4 Å². The number of methoxy groups -OCH3 is 2. The molecular weight excluding hydrogens is 228 g/mol. The molecule has 0 unspecified atom stereocenters. The summed E-state index contributed by atoms with van der Waals surface area (Å²) in [5, 5.41) is 0. The SMILES string of the molecule is COC[C@@H](OC)[C@H](N)Cc1ccccn1.Cl. The summed E-state index contributed by atoms with van der Waals surface area (Å²) < 4.78 is 10.3. The van der Waals surface area contributed by atoms with Gasteiger partial charge in [0.1, 0.15) is 0 Å². The fourth-order valence-electron chi connectivity index (χ4n) is 1.42. The summed E-state index contributed by atoms with van der Waals surface area (Å²) in [5.74, 6) is 0. The summed E-state index contributed by atoms with van der Waals surface area (Å²) in [5.41, 5.74) is 6.98. The molecule has 1 aromatic heterocycles. The highest BCUT2D eigenvalue weighted by Crippen LogP contribution is 2.04. The lowest BCUT2D eigenvalue weighted by molar-refractivity contribution is 0.0129. The van der Waals surface area contributed by atoms with Crippen molar-refractivity contribution in [1.29, 1.82) is 0 Å². The molecule has 2 atom stereocenters. The average Bonchev–Trinajstić information content (AvgIpc) is 2.27. The lowest BCUT2D eigenvalue weighted by Gasteiger charge is -2.21. The maximum Gasteiger partial charge on any atom is 0.0958 e. The van der Waals surface area contributed by atoms with Gasteiger partial charge < -0.3 is 15.2 Å². The van der Waals surface area contributed by atoms with Gasteiger partial charge in [-0.3, -0.25) is 4.98 Å². The molecule has 0 saturated carbocycles. The van der Waals surface area contributed by atoms with E-state index in [-0.39, 0.29) is 24.6 Å². The summed E-state index contributed by atoms with van der Waals surface area (Å²) in [7, 11) is 3.28. The first kappa shape index (κ1) is 15.3. The van der Waals surface area contributed by atoms with Gasteiger partial charge in [0.2, 0.25) is 0 Å². The molecular formula is C11H19ClN2O2. The maximum absolute atomic E-state index is 6.00. The summed E-state index contributed by atoms with van der Waals surface area (Å²) in [6, 6.07) is 5.70. The van der Waals surface area contributed by atoms with E-state index in [4.69, 9.17) is 15.2 Å². The molecule has 2 N–H and O–H groups in total. The van der Waals surface area contributed by atoms with Gasteiger partial charge in [-0.05, 0) is 12.1 Å². The molecule has 5 heteroatoms. The first-order valence-corrected chi connectivity index (χ1v) is 4.95. The van der Waals surface area contributed by atoms with Crippen LogP contribution in [0.4, 0.5) is 0 Å². The predicted octanol–water partition coefficient (Wildman–Crippen LogP) is 1.03. The van der Waals surface area contributed by atoms with Gasteiger partial charge >= 0.3 is 0 Å². The topological polar surface area (TPSA) is 57.4 Å². The Morgan fingerprint density at radius 2 is 2.12 bits per heavy atom. The first-order chi connectivity index (χ1) is 7.27. The fraction of sp³-hybridized carbons (Fsp3) is 0.545. The molecule has 0 aliphatic heterocycles. The van der Waals surface area contributed by atoms with Gasteiger partial charge in [0.05, 0.1) is 12.7 Å². The smallest absolute Gasteiger partial charge is 0.0958 e. The summed E-state index contributed by atoms with van der Waals surface area (Å²) in [6.45, 7) is 0.504. The molecule has 1 rings (SSSR count). The van der Waals surface area contributed by atoms with Gasteiger partial charge in [-0.1, -0.05) is 6.07 Å². The minimum Gasteiger partial charge on any atom is -0.382 e. The first-order valence-electron chi connectivity index (χ1n) is 4.95. The third-order valence-electron chi connectivity index (χ3n) is 2.28.